The third-order valence-electron chi connectivity index (χ3n) is 4.95. The number of allylic oxidation sites excluding steroid dienone is 8. The van der Waals surface area contributed by atoms with Crippen molar-refractivity contribution >= 4 is 18.6 Å². The molecule has 2 aliphatic carbocycles. The molecule has 0 saturated carbocycles. The Labute approximate surface area is 159 Å². The van der Waals surface area contributed by atoms with Crippen LogP contribution in [0.15, 0.2) is 48.1 Å². The number of benzene rings is 1. The van der Waals surface area contributed by atoms with Crippen LogP contribution in [-0.2, 0) is 0 Å². The molecule has 148 valence electrons. The van der Waals surface area contributed by atoms with Gasteiger partial charge in [-0.3, -0.25) is 8.78 Å². The van der Waals surface area contributed by atoms with Crippen LogP contribution >= 0.6 is 0 Å². The molecule has 28 heavy (non-hydrogen) atoms. The lowest BCUT2D eigenvalue weighted by Crippen LogP contribution is -2.64. The van der Waals surface area contributed by atoms with Gasteiger partial charge in [-0.2, -0.15) is 0 Å². The quantitative estimate of drug-likeness (QED) is 0.350. The summed E-state index contributed by atoms with van der Waals surface area (Å²) in [6, 6.07) is 0. The highest BCUT2D eigenvalue weighted by Gasteiger charge is 2.61. The molecule has 0 aromatic heterocycles. The van der Waals surface area contributed by atoms with Gasteiger partial charge in [-0.1, -0.05) is 24.3 Å². The highest BCUT2D eigenvalue weighted by atomic mass is 27.2. The van der Waals surface area contributed by atoms with Crippen LogP contribution in [0.2, 0.25) is 0 Å². The van der Waals surface area contributed by atoms with Crippen LogP contribution < -0.4 is 4.43 Å². The zero-order valence-corrected chi connectivity index (χ0v) is 15.6. The van der Waals surface area contributed by atoms with E-state index >= 15 is 8.78 Å². The minimum atomic E-state index is -4.52. The predicted molar refractivity (Wildman–Crippen MR) is 90.0 cm³/mol. The van der Waals surface area contributed by atoms with Crippen LogP contribution in [0.3, 0.4) is 0 Å². The van der Waals surface area contributed by atoms with Crippen LogP contribution in [-0.4, -0.2) is 23.2 Å². The van der Waals surface area contributed by atoms with E-state index < -0.39 is 81.0 Å². The number of alkyl halides is 2. The monoisotopic (exact) mass is 420 g/mol. The van der Waals surface area contributed by atoms with Crippen LogP contribution in [0, 0.1) is 30.2 Å². The van der Waals surface area contributed by atoms with Crippen LogP contribution in [0.5, 0.6) is 0 Å². The summed E-state index contributed by atoms with van der Waals surface area (Å²) in [5, 5.41) is 0. The van der Waals surface area contributed by atoms with Crippen molar-refractivity contribution in [2.24, 2.45) is 0 Å². The summed E-state index contributed by atoms with van der Waals surface area (Å²) in [5.74, 6) is -9.59. The predicted octanol–water partition coefficient (Wildman–Crippen LogP) is 5.37. The Balaban J connectivity index is 2.31. The zero-order valence-electron chi connectivity index (χ0n) is 14.5. The van der Waals surface area contributed by atoms with Gasteiger partial charge in [0.05, 0.1) is 9.06 Å². The van der Waals surface area contributed by atoms with Gasteiger partial charge >= 0.3 is 14.1 Å². The summed E-state index contributed by atoms with van der Waals surface area (Å²) in [6.45, 7) is 0.763. The van der Waals surface area contributed by atoms with E-state index in [1.807, 2.05) is 0 Å². The molecule has 2 unspecified atom stereocenters. The topological polar surface area (TPSA) is 0 Å². The summed E-state index contributed by atoms with van der Waals surface area (Å²) in [7, 11) is 0. The third kappa shape index (κ3) is 3.35. The number of hydrogen-bond acceptors (Lipinski definition) is 0. The fourth-order valence-corrected chi connectivity index (χ4v) is 7.59. The van der Waals surface area contributed by atoms with Gasteiger partial charge in [0, 0.05) is 18.4 Å². The van der Waals surface area contributed by atoms with Gasteiger partial charge in [0.1, 0.15) is 23.3 Å². The zero-order chi connectivity index (χ0) is 20.9. The number of halogens is 8. The van der Waals surface area contributed by atoms with Crippen molar-refractivity contribution < 1.29 is 35.1 Å². The number of hydrogen-bond donors (Lipinski definition) is 0. The molecule has 9 heteroatoms. The maximum Gasteiger partial charge on any atom is 0.433 e. The lowest BCUT2D eigenvalue weighted by molar-refractivity contribution is 0.257. The van der Waals surface area contributed by atoms with E-state index in [1.165, 1.54) is 0 Å². The molecular formula is C19H13AlF8. The number of rotatable bonds is 3. The maximum atomic E-state index is 15.8. The smallest absolute Gasteiger partial charge is 0.256 e. The second-order valence-corrected chi connectivity index (χ2v) is 10.2. The fourth-order valence-electron chi connectivity index (χ4n) is 3.67. The lowest BCUT2D eigenvalue weighted by Gasteiger charge is -2.38. The first kappa shape index (κ1) is 20.9. The van der Waals surface area contributed by atoms with Crippen LogP contribution in [0.4, 0.5) is 35.1 Å². The van der Waals surface area contributed by atoms with Gasteiger partial charge in [0.25, 0.3) is 0 Å². The van der Waals surface area contributed by atoms with E-state index in [0.29, 0.717) is 12.2 Å². The molecular weight excluding hydrogens is 407 g/mol. The Kier molecular flexibility index (Phi) is 5.37. The first-order valence-corrected chi connectivity index (χ1v) is 10.0. The molecule has 2 aliphatic rings. The standard InChI is InChI=1S/C7H3F4.2C6H5F2.Al/c1-3-6(10)4(8)2-5(9)7(3)11;2*7-5-2-1-3-6(8)4-5;/h1H3;2*1-3H,4H2;. The van der Waals surface area contributed by atoms with E-state index in [9.17, 15) is 26.3 Å². The highest BCUT2D eigenvalue weighted by Crippen LogP contribution is 2.41. The molecule has 3 rings (SSSR count). The molecule has 1 aromatic carbocycles. The van der Waals surface area contributed by atoms with Gasteiger partial charge in [0.2, 0.25) is 0 Å². The van der Waals surface area contributed by atoms with Gasteiger partial charge in [-0.15, -0.1) is 0 Å². The van der Waals surface area contributed by atoms with Gasteiger partial charge in [0.15, 0.2) is 11.6 Å². The van der Waals surface area contributed by atoms with E-state index in [4.69, 9.17) is 0 Å². The highest BCUT2D eigenvalue weighted by molar-refractivity contribution is 6.79. The Bertz CT molecular complexity index is 877. The molecule has 0 fully saturated rings. The second-order valence-electron chi connectivity index (χ2n) is 6.88. The summed E-state index contributed by atoms with van der Waals surface area (Å²) >= 11 is -4.52. The molecule has 0 amide bonds. The third-order valence-corrected chi connectivity index (χ3v) is 8.74. The van der Waals surface area contributed by atoms with Crippen LogP contribution in [0.1, 0.15) is 18.4 Å². The van der Waals surface area contributed by atoms with Crippen molar-refractivity contribution in [3.05, 3.63) is 76.9 Å². The summed E-state index contributed by atoms with van der Waals surface area (Å²) in [4.78, 5) is 0. The molecule has 0 saturated heterocycles. The minimum absolute atomic E-state index is 0.701. The van der Waals surface area contributed by atoms with E-state index in [2.05, 4.69) is 0 Å². The molecule has 0 heterocycles. The molecule has 0 N–H and O–H groups in total. The van der Waals surface area contributed by atoms with E-state index in [0.717, 1.165) is 31.2 Å². The average molecular weight is 420 g/mol. The largest absolute Gasteiger partial charge is 0.433 e. The Morgan fingerprint density at radius 3 is 1.46 bits per heavy atom. The Morgan fingerprint density at radius 2 is 1.11 bits per heavy atom. The molecule has 0 radical (unpaired) electrons. The van der Waals surface area contributed by atoms with Gasteiger partial charge in [-0.05, 0) is 23.5 Å². The van der Waals surface area contributed by atoms with Gasteiger partial charge in [-0.25, -0.2) is 26.3 Å². The molecule has 0 aliphatic heterocycles. The second kappa shape index (κ2) is 7.20. The lowest BCUT2D eigenvalue weighted by atomic mass is 10.1. The molecule has 0 nitrogen and oxygen atoms in total. The minimum Gasteiger partial charge on any atom is -0.256 e. The molecule has 0 bridgehead atoms. The molecule has 0 spiro atoms. The SMILES string of the molecule is Cc1c(F)c(F)[c]([Al]([C]2(F)C=CC=C(F)C2)[C]2(F)C=CC=C(F)C2)c(F)c1F. The van der Waals surface area contributed by atoms with E-state index in [-0.39, 0.29) is 0 Å². The normalized spacial score (nSPS) is 26.9. The molecule has 2 atom stereocenters. The van der Waals surface area contributed by atoms with Crippen molar-refractivity contribution in [3.63, 3.8) is 0 Å². The van der Waals surface area contributed by atoms with Crippen molar-refractivity contribution in [3.8, 4) is 0 Å². The summed E-state index contributed by atoms with van der Waals surface area (Å²) in [6.07, 6.45) is 2.75. The fraction of sp³-hybridized carbons (Fsp3) is 0.263. The Hall–Kier alpha value is -1.85. The van der Waals surface area contributed by atoms with Crippen molar-refractivity contribution in [1.82, 2.24) is 0 Å². The first-order chi connectivity index (χ1) is 13.0. The van der Waals surface area contributed by atoms with E-state index in [1.54, 1.807) is 0 Å². The maximum absolute atomic E-state index is 15.8. The first-order valence-electron chi connectivity index (χ1n) is 8.28. The van der Waals surface area contributed by atoms with Crippen molar-refractivity contribution in [1.29, 1.82) is 0 Å². The molecule has 1 aromatic rings. The summed E-state index contributed by atoms with van der Waals surface area (Å²) < 4.78 is 109. The van der Waals surface area contributed by atoms with Crippen molar-refractivity contribution in [2.45, 2.75) is 28.8 Å². The Morgan fingerprint density at radius 1 is 0.714 bits per heavy atom. The van der Waals surface area contributed by atoms with Crippen LogP contribution in [0.25, 0.3) is 0 Å². The van der Waals surface area contributed by atoms with Gasteiger partial charge < -0.3 is 0 Å². The average Bonchev–Trinajstić information content (AvgIpc) is 2.61. The summed E-state index contributed by atoms with van der Waals surface area (Å²) in [5.41, 5.74) is -0.997. The van der Waals surface area contributed by atoms with Crippen molar-refractivity contribution in [2.75, 3.05) is 0 Å².